The van der Waals surface area contributed by atoms with E-state index in [2.05, 4.69) is 33.5 Å². The molecule has 0 bridgehead atoms. The molecule has 25 heavy (non-hydrogen) atoms. The van der Waals surface area contributed by atoms with Crippen LogP contribution in [-0.4, -0.2) is 57.6 Å². The first-order chi connectivity index (χ1) is 12.0. The molecule has 1 amide bonds. The fourth-order valence-corrected chi connectivity index (χ4v) is 3.68. The molecule has 2 aromatic heterocycles. The van der Waals surface area contributed by atoms with Crippen molar-refractivity contribution in [3.05, 3.63) is 29.7 Å². The third-order valence-corrected chi connectivity index (χ3v) is 4.97. The SMILES string of the molecule is COc1cc(C(=O)NC[C@@H]2CCCN(C)[C@H]2c2ccnn2C)nn1C. The number of rotatable bonds is 5. The van der Waals surface area contributed by atoms with E-state index in [-0.39, 0.29) is 11.9 Å². The van der Waals surface area contributed by atoms with E-state index in [4.69, 9.17) is 4.74 Å². The van der Waals surface area contributed by atoms with Gasteiger partial charge in [-0.1, -0.05) is 0 Å². The summed E-state index contributed by atoms with van der Waals surface area (Å²) in [6.07, 6.45) is 4.03. The van der Waals surface area contributed by atoms with Gasteiger partial charge in [-0.15, -0.1) is 0 Å². The summed E-state index contributed by atoms with van der Waals surface area (Å²) < 4.78 is 8.65. The number of hydrogen-bond donors (Lipinski definition) is 1. The molecule has 2 atom stereocenters. The van der Waals surface area contributed by atoms with E-state index in [9.17, 15) is 4.79 Å². The number of aryl methyl sites for hydroxylation is 2. The second-order valence-corrected chi connectivity index (χ2v) is 6.61. The highest BCUT2D eigenvalue weighted by Gasteiger charge is 2.32. The standard InChI is InChI=1S/C17H26N6O2/c1-21-9-5-6-12(16(21)14-7-8-19-22(14)2)11-18-17(24)13-10-15(25-4)23(3)20-13/h7-8,10,12,16H,5-6,9,11H2,1-4H3,(H,18,24)/t12-,16+/m0/s1. The lowest BCUT2D eigenvalue weighted by Gasteiger charge is -2.39. The van der Waals surface area contributed by atoms with E-state index < -0.39 is 0 Å². The predicted molar refractivity (Wildman–Crippen MR) is 93.4 cm³/mol. The molecule has 1 aliphatic heterocycles. The maximum atomic E-state index is 12.4. The van der Waals surface area contributed by atoms with Crippen LogP contribution in [0.5, 0.6) is 5.88 Å². The molecule has 1 saturated heterocycles. The Balaban J connectivity index is 1.69. The van der Waals surface area contributed by atoms with Crippen LogP contribution in [0.3, 0.4) is 0 Å². The van der Waals surface area contributed by atoms with Gasteiger partial charge in [0.2, 0.25) is 5.88 Å². The van der Waals surface area contributed by atoms with Crippen LogP contribution in [0.2, 0.25) is 0 Å². The number of ether oxygens (including phenoxy) is 1. The maximum absolute atomic E-state index is 12.4. The first-order valence-corrected chi connectivity index (χ1v) is 8.55. The molecule has 1 fully saturated rings. The van der Waals surface area contributed by atoms with Crippen molar-refractivity contribution in [1.29, 1.82) is 0 Å². The molecule has 0 saturated carbocycles. The highest BCUT2D eigenvalue weighted by Crippen LogP contribution is 2.34. The van der Waals surface area contributed by atoms with Crippen molar-refractivity contribution in [1.82, 2.24) is 29.8 Å². The first kappa shape index (κ1) is 17.5. The van der Waals surface area contributed by atoms with Gasteiger partial charge in [-0.3, -0.25) is 14.4 Å². The Morgan fingerprint density at radius 3 is 2.80 bits per heavy atom. The third kappa shape index (κ3) is 3.53. The van der Waals surface area contributed by atoms with E-state index in [0.29, 0.717) is 24.0 Å². The Kier molecular flexibility index (Phi) is 5.08. The number of amides is 1. The quantitative estimate of drug-likeness (QED) is 0.873. The molecular formula is C17H26N6O2. The summed E-state index contributed by atoms with van der Waals surface area (Å²) in [5.41, 5.74) is 1.56. The number of methoxy groups -OCH3 is 1. The Morgan fingerprint density at radius 2 is 2.16 bits per heavy atom. The van der Waals surface area contributed by atoms with Crippen LogP contribution in [0.4, 0.5) is 0 Å². The van der Waals surface area contributed by atoms with Crippen LogP contribution in [0, 0.1) is 5.92 Å². The van der Waals surface area contributed by atoms with Gasteiger partial charge < -0.3 is 10.1 Å². The van der Waals surface area contributed by atoms with Gasteiger partial charge in [0.1, 0.15) is 0 Å². The molecular weight excluding hydrogens is 320 g/mol. The van der Waals surface area contributed by atoms with Crippen molar-refractivity contribution in [3.63, 3.8) is 0 Å². The van der Waals surface area contributed by atoms with Gasteiger partial charge in [0.05, 0.1) is 18.8 Å². The Morgan fingerprint density at radius 1 is 1.36 bits per heavy atom. The third-order valence-electron chi connectivity index (χ3n) is 4.97. The number of aromatic nitrogens is 4. The average molecular weight is 346 g/mol. The van der Waals surface area contributed by atoms with Crippen LogP contribution >= 0.6 is 0 Å². The van der Waals surface area contributed by atoms with E-state index in [1.165, 1.54) is 5.69 Å². The maximum Gasteiger partial charge on any atom is 0.271 e. The van der Waals surface area contributed by atoms with Crippen LogP contribution in [0.1, 0.15) is 35.1 Å². The molecule has 136 valence electrons. The summed E-state index contributed by atoms with van der Waals surface area (Å²) in [5.74, 6) is 0.731. The monoisotopic (exact) mass is 346 g/mol. The van der Waals surface area contributed by atoms with Gasteiger partial charge in [0.25, 0.3) is 5.91 Å². The predicted octanol–water partition coefficient (Wildman–Crippen LogP) is 0.975. The Hall–Kier alpha value is -2.35. The Labute approximate surface area is 147 Å². The highest BCUT2D eigenvalue weighted by molar-refractivity contribution is 5.92. The largest absolute Gasteiger partial charge is 0.481 e. The van der Waals surface area contributed by atoms with Gasteiger partial charge >= 0.3 is 0 Å². The van der Waals surface area contributed by atoms with Crippen molar-refractivity contribution in [2.75, 3.05) is 27.2 Å². The van der Waals surface area contributed by atoms with Crippen molar-refractivity contribution in [2.45, 2.75) is 18.9 Å². The molecule has 0 radical (unpaired) electrons. The Bertz CT molecular complexity index is 737. The lowest BCUT2D eigenvalue weighted by molar-refractivity contribution is 0.0875. The summed E-state index contributed by atoms with van der Waals surface area (Å²) in [6.45, 7) is 1.66. The molecule has 2 aromatic rings. The zero-order chi connectivity index (χ0) is 18.0. The number of nitrogens with one attached hydrogen (secondary N) is 1. The number of carbonyl (C=O) groups excluding carboxylic acids is 1. The second-order valence-electron chi connectivity index (χ2n) is 6.61. The number of carbonyl (C=O) groups is 1. The van der Waals surface area contributed by atoms with Crippen molar-refractivity contribution in [2.24, 2.45) is 20.0 Å². The van der Waals surface area contributed by atoms with Gasteiger partial charge in [0, 0.05) is 32.9 Å². The minimum absolute atomic E-state index is 0.170. The summed E-state index contributed by atoms with van der Waals surface area (Å²) in [4.78, 5) is 14.8. The summed E-state index contributed by atoms with van der Waals surface area (Å²) in [7, 11) is 7.42. The van der Waals surface area contributed by atoms with Gasteiger partial charge in [-0.05, 0) is 38.4 Å². The topological polar surface area (TPSA) is 77.2 Å². The minimum Gasteiger partial charge on any atom is -0.481 e. The average Bonchev–Trinajstić information content (AvgIpc) is 3.18. The number of piperidine rings is 1. The first-order valence-electron chi connectivity index (χ1n) is 8.55. The van der Waals surface area contributed by atoms with E-state index >= 15 is 0 Å². The highest BCUT2D eigenvalue weighted by atomic mass is 16.5. The molecule has 0 aromatic carbocycles. The van der Waals surface area contributed by atoms with Crippen LogP contribution in [0.15, 0.2) is 18.3 Å². The molecule has 1 aliphatic rings. The van der Waals surface area contributed by atoms with E-state index in [1.807, 2.05) is 17.9 Å². The molecule has 0 unspecified atom stereocenters. The summed E-state index contributed by atoms with van der Waals surface area (Å²) in [6, 6.07) is 3.96. The van der Waals surface area contributed by atoms with Crippen LogP contribution < -0.4 is 10.1 Å². The molecule has 0 spiro atoms. The smallest absolute Gasteiger partial charge is 0.271 e. The lowest BCUT2D eigenvalue weighted by Crippen LogP contribution is -2.42. The fourth-order valence-electron chi connectivity index (χ4n) is 3.68. The molecule has 8 heteroatoms. The summed E-state index contributed by atoms with van der Waals surface area (Å²) >= 11 is 0. The molecule has 0 aliphatic carbocycles. The zero-order valence-corrected chi connectivity index (χ0v) is 15.3. The minimum atomic E-state index is -0.170. The van der Waals surface area contributed by atoms with Crippen molar-refractivity contribution < 1.29 is 9.53 Å². The fraction of sp³-hybridized carbons (Fsp3) is 0.588. The number of likely N-dealkylation sites (tertiary alicyclic amines) is 1. The van der Waals surface area contributed by atoms with Crippen molar-refractivity contribution >= 4 is 5.91 Å². The van der Waals surface area contributed by atoms with Crippen LogP contribution in [0.25, 0.3) is 0 Å². The molecule has 3 heterocycles. The second kappa shape index (κ2) is 7.26. The zero-order valence-electron chi connectivity index (χ0n) is 15.3. The van der Waals surface area contributed by atoms with Crippen LogP contribution in [-0.2, 0) is 14.1 Å². The lowest BCUT2D eigenvalue weighted by atomic mass is 9.87. The number of nitrogens with zero attached hydrogens (tertiary/aromatic N) is 5. The number of hydrogen-bond acceptors (Lipinski definition) is 5. The normalized spacial score (nSPS) is 21.3. The van der Waals surface area contributed by atoms with Crippen molar-refractivity contribution in [3.8, 4) is 5.88 Å². The molecule has 3 rings (SSSR count). The van der Waals surface area contributed by atoms with Gasteiger partial charge in [-0.25, -0.2) is 4.68 Å². The van der Waals surface area contributed by atoms with Gasteiger partial charge in [0.15, 0.2) is 5.69 Å². The van der Waals surface area contributed by atoms with E-state index in [1.54, 1.807) is 24.9 Å². The van der Waals surface area contributed by atoms with E-state index in [0.717, 1.165) is 19.4 Å². The molecule has 8 nitrogen and oxygen atoms in total. The van der Waals surface area contributed by atoms with Gasteiger partial charge in [-0.2, -0.15) is 10.2 Å². The summed E-state index contributed by atoms with van der Waals surface area (Å²) in [5, 5.41) is 11.5. The molecule has 1 N–H and O–H groups in total.